The number of hydrogen-bond donors (Lipinski definition) is 1. The molecule has 2 unspecified atom stereocenters. The molecule has 1 aliphatic carbocycles. The molecular formula is C31H33N5O3. The molecule has 8 heteroatoms. The van der Waals surface area contributed by atoms with E-state index in [1.807, 2.05) is 53.3 Å². The van der Waals surface area contributed by atoms with E-state index in [9.17, 15) is 4.79 Å². The first-order valence-electron chi connectivity index (χ1n) is 13.8. The maximum Gasteiger partial charge on any atom is 0.248 e. The number of pyridine rings is 1. The minimum Gasteiger partial charge on any atom is -0.490 e. The van der Waals surface area contributed by atoms with Crippen molar-refractivity contribution < 1.29 is 14.3 Å². The van der Waals surface area contributed by atoms with E-state index in [4.69, 9.17) is 25.3 Å². The van der Waals surface area contributed by atoms with Crippen LogP contribution >= 0.6 is 0 Å². The number of benzene rings is 2. The molecule has 3 aliphatic rings. The molecule has 7 rings (SSSR count). The number of primary amides is 1. The molecule has 2 saturated heterocycles. The van der Waals surface area contributed by atoms with E-state index in [2.05, 4.69) is 18.0 Å². The van der Waals surface area contributed by atoms with Crippen LogP contribution in [0.15, 0.2) is 60.8 Å². The molecule has 1 amide bonds. The molecule has 0 spiro atoms. The van der Waals surface area contributed by atoms with E-state index >= 15 is 0 Å². The van der Waals surface area contributed by atoms with Crippen molar-refractivity contribution in [2.45, 2.75) is 56.3 Å². The highest BCUT2D eigenvalue weighted by atomic mass is 16.5. The van der Waals surface area contributed by atoms with E-state index in [1.165, 1.54) is 18.4 Å². The van der Waals surface area contributed by atoms with Crippen molar-refractivity contribution >= 4 is 16.8 Å². The van der Waals surface area contributed by atoms with Crippen LogP contribution in [0.1, 0.15) is 53.2 Å². The fourth-order valence-electron chi connectivity index (χ4n) is 6.18. The first-order chi connectivity index (χ1) is 19.0. The summed E-state index contributed by atoms with van der Waals surface area (Å²) in [5.74, 6) is 1.01. The van der Waals surface area contributed by atoms with Crippen LogP contribution in [0.2, 0.25) is 0 Å². The number of carbonyl (C=O) groups excluding carboxylic acids is 1. The van der Waals surface area contributed by atoms with Gasteiger partial charge in [0.1, 0.15) is 17.5 Å². The Kier molecular flexibility index (Phi) is 6.09. The summed E-state index contributed by atoms with van der Waals surface area (Å²) in [6.07, 6.45) is 6.40. The maximum atomic E-state index is 12.0. The van der Waals surface area contributed by atoms with Gasteiger partial charge in [0.2, 0.25) is 5.91 Å². The van der Waals surface area contributed by atoms with Crippen molar-refractivity contribution in [2.24, 2.45) is 5.73 Å². The van der Waals surface area contributed by atoms with Crippen LogP contribution in [-0.4, -0.2) is 64.0 Å². The summed E-state index contributed by atoms with van der Waals surface area (Å²) in [7, 11) is 2.19. The van der Waals surface area contributed by atoms with Crippen molar-refractivity contribution in [1.82, 2.24) is 19.7 Å². The largest absolute Gasteiger partial charge is 0.490 e. The van der Waals surface area contributed by atoms with Gasteiger partial charge in [-0.3, -0.25) is 19.4 Å². The van der Waals surface area contributed by atoms with Gasteiger partial charge in [-0.15, -0.1) is 0 Å². The number of carbonyl (C=O) groups is 1. The molecule has 3 fully saturated rings. The fourth-order valence-corrected chi connectivity index (χ4v) is 6.18. The molecule has 200 valence electrons. The lowest BCUT2D eigenvalue weighted by Crippen LogP contribution is -2.57. The Balaban J connectivity index is 1.19. The van der Waals surface area contributed by atoms with Crippen molar-refractivity contribution in [2.75, 3.05) is 20.3 Å². The van der Waals surface area contributed by atoms with Crippen molar-refractivity contribution in [3.05, 3.63) is 77.6 Å². The number of nitrogens with two attached hydrogens (primary N) is 1. The van der Waals surface area contributed by atoms with Crippen LogP contribution in [0, 0.1) is 0 Å². The Morgan fingerprint density at radius 2 is 1.85 bits per heavy atom. The zero-order valence-corrected chi connectivity index (χ0v) is 22.1. The Hall–Kier alpha value is -3.75. The van der Waals surface area contributed by atoms with E-state index in [0.29, 0.717) is 30.1 Å². The molecule has 2 atom stereocenters. The fraction of sp³-hybridized carbons (Fsp3) is 0.387. The van der Waals surface area contributed by atoms with Gasteiger partial charge >= 0.3 is 0 Å². The predicted octanol–water partition coefficient (Wildman–Crippen LogP) is 4.36. The zero-order valence-electron chi connectivity index (χ0n) is 22.1. The topological polar surface area (TPSA) is 95.5 Å². The number of aromatic nitrogens is 3. The number of nitrogens with zero attached hydrogens (tertiary/aromatic N) is 4. The van der Waals surface area contributed by atoms with Gasteiger partial charge < -0.3 is 15.2 Å². The van der Waals surface area contributed by atoms with E-state index in [-0.39, 0.29) is 6.10 Å². The highest BCUT2D eigenvalue weighted by molar-refractivity contribution is 6.01. The van der Waals surface area contributed by atoms with Crippen molar-refractivity contribution in [3.63, 3.8) is 0 Å². The quantitative estimate of drug-likeness (QED) is 0.387. The van der Waals surface area contributed by atoms with E-state index in [1.54, 1.807) is 6.07 Å². The first kappa shape index (κ1) is 24.3. The molecule has 0 radical (unpaired) electrons. The maximum absolute atomic E-state index is 12.0. The molecular weight excluding hydrogens is 490 g/mol. The summed E-state index contributed by atoms with van der Waals surface area (Å²) in [6.45, 7) is 2.12. The van der Waals surface area contributed by atoms with E-state index in [0.717, 1.165) is 59.7 Å². The zero-order chi connectivity index (χ0) is 26.5. The lowest BCUT2D eigenvalue weighted by Gasteiger charge is -2.46. The third-order valence-electron chi connectivity index (χ3n) is 8.55. The number of rotatable bonds is 7. The highest BCUT2D eigenvalue weighted by Crippen LogP contribution is 2.41. The number of ether oxygens (including phenoxy) is 2. The summed E-state index contributed by atoms with van der Waals surface area (Å²) in [6, 6.07) is 18.7. The first-order valence-corrected chi connectivity index (χ1v) is 13.8. The van der Waals surface area contributed by atoms with Gasteiger partial charge in [0.25, 0.3) is 0 Å². The third-order valence-corrected chi connectivity index (χ3v) is 8.55. The lowest BCUT2D eigenvalue weighted by atomic mass is 9.92. The van der Waals surface area contributed by atoms with Crippen LogP contribution in [0.4, 0.5) is 0 Å². The average molecular weight is 524 g/mol. The van der Waals surface area contributed by atoms with Crippen molar-refractivity contribution in [1.29, 1.82) is 0 Å². The minimum absolute atomic E-state index is 0.183. The second-order valence-corrected chi connectivity index (χ2v) is 11.2. The van der Waals surface area contributed by atoms with Crippen LogP contribution in [0.3, 0.4) is 0 Å². The molecule has 4 heterocycles. The van der Waals surface area contributed by atoms with E-state index < -0.39 is 5.91 Å². The number of piperidine rings is 1. The van der Waals surface area contributed by atoms with Gasteiger partial charge in [0.05, 0.1) is 31.0 Å². The molecule has 1 saturated carbocycles. The highest BCUT2D eigenvalue weighted by Gasteiger charge is 2.37. The van der Waals surface area contributed by atoms with Crippen molar-refractivity contribution in [3.8, 4) is 17.0 Å². The van der Waals surface area contributed by atoms with Gasteiger partial charge in [-0.05, 0) is 79.9 Å². The van der Waals surface area contributed by atoms with Crippen LogP contribution in [0.5, 0.6) is 5.75 Å². The van der Waals surface area contributed by atoms with Gasteiger partial charge in [0, 0.05) is 47.6 Å². The second kappa shape index (κ2) is 9.77. The Bertz CT molecular complexity index is 1510. The van der Waals surface area contributed by atoms with Gasteiger partial charge in [-0.1, -0.05) is 6.07 Å². The SMILES string of the molecule is CN1C2COCC1CC(Oc1ccc(-c3nn(Cc4ncccc4C4CC4)c4ccc(C(N)=O)cc34)cc1)C2. The molecule has 2 aliphatic heterocycles. The van der Waals surface area contributed by atoms with Gasteiger partial charge in [-0.2, -0.15) is 5.10 Å². The Labute approximate surface area is 227 Å². The molecule has 4 aromatic rings. The average Bonchev–Trinajstić information content (AvgIpc) is 3.72. The Morgan fingerprint density at radius 3 is 2.56 bits per heavy atom. The number of amides is 1. The van der Waals surface area contributed by atoms with Gasteiger partial charge in [-0.25, -0.2) is 0 Å². The predicted molar refractivity (Wildman–Crippen MR) is 149 cm³/mol. The number of likely N-dealkylation sites (N-methyl/N-ethyl adjacent to an activating group) is 1. The summed E-state index contributed by atoms with van der Waals surface area (Å²) < 4.78 is 14.2. The van der Waals surface area contributed by atoms with Gasteiger partial charge in [0.15, 0.2) is 0 Å². The smallest absolute Gasteiger partial charge is 0.248 e. The van der Waals surface area contributed by atoms with Crippen LogP contribution in [0.25, 0.3) is 22.2 Å². The second-order valence-electron chi connectivity index (χ2n) is 11.2. The molecule has 8 nitrogen and oxygen atoms in total. The summed E-state index contributed by atoms with van der Waals surface area (Å²) in [5.41, 5.74) is 11.2. The minimum atomic E-state index is -0.451. The van der Waals surface area contributed by atoms with Crippen LogP contribution < -0.4 is 10.5 Å². The molecule has 2 bridgehead atoms. The number of fused-ring (bicyclic) bond motifs is 3. The lowest BCUT2D eigenvalue weighted by molar-refractivity contribution is -0.0879. The third kappa shape index (κ3) is 4.68. The summed E-state index contributed by atoms with van der Waals surface area (Å²) >= 11 is 0. The number of morpholine rings is 1. The summed E-state index contributed by atoms with van der Waals surface area (Å²) in [5, 5.41) is 5.93. The monoisotopic (exact) mass is 523 g/mol. The summed E-state index contributed by atoms with van der Waals surface area (Å²) in [4.78, 5) is 19.1. The number of hydrogen-bond acceptors (Lipinski definition) is 6. The standard InChI is InChI=1S/C31H33N5O3/c1-35-22-14-25(15-23(35)18-38-17-22)39-24-9-6-20(7-10-24)30-27-13-21(31(32)37)8-11-29(27)36(34-30)16-28-26(19-4-5-19)3-2-12-33-28/h2-3,6-13,19,22-23,25H,4-5,14-18H2,1H3,(H2,32,37). The molecule has 2 aromatic carbocycles. The van der Waals surface area contributed by atoms with Crippen LogP contribution in [-0.2, 0) is 11.3 Å². The molecule has 39 heavy (non-hydrogen) atoms. The Morgan fingerprint density at radius 1 is 1.08 bits per heavy atom. The molecule has 2 N–H and O–H groups in total. The molecule has 2 aromatic heterocycles. The normalized spacial score (nSPS) is 23.2.